The van der Waals surface area contributed by atoms with Crippen LogP contribution in [-0.2, 0) is 9.53 Å². The molecule has 0 spiro atoms. The largest absolute Gasteiger partial charge is 0.390 e. The minimum absolute atomic E-state index is 0.00852. The van der Waals surface area contributed by atoms with E-state index in [0.29, 0.717) is 25.7 Å². The number of carbonyl (C=O) groups excluding carboxylic acids is 1. The SMILES string of the molecule is CO[C@@]12CC[C@H]([C@@](C)(O)[C@H](O)CCC(C)(C)O)[C@@]1(C)CC[C@H]1C2=CC(=O)[C@@H]2C[C@@H](O)[C@@H](O)C[C@@]21C. The van der Waals surface area contributed by atoms with Gasteiger partial charge in [-0.25, -0.2) is 0 Å². The second kappa shape index (κ2) is 8.60. The quantitative estimate of drug-likeness (QED) is 0.384. The summed E-state index contributed by atoms with van der Waals surface area (Å²) in [6.07, 6.45) is 3.18. The fourth-order valence-corrected chi connectivity index (χ4v) is 8.75. The molecule has 5 N–H and O–H groups in total. The van der Waals surface area contributed by atoms with Gasteiger partial charge in [-0.3, -0.25) is 4.79 Å². The van der Waals surface area contributed by atoms with E-state index in [0.717, 1.165) is 18.4 Å². The Hall–Kier alpha value is -0.830. The lowest BCUT2D eigenvalue weighted by Crippen LogP contribution is -2.63. The molecule has 0 aromatic heterocycles. The molecule has 200 valence electrons. The number of fused-ring (bicyclic) bond motifs is 5. The van der Waals surface area contributed by atoms with Gasteiger partial charge < -0.3 is 30.3 Å². The second-order valence-electron chi connectivity index (χ2n) is 13.4. The molecule has 4 aliphatic rings. The van der Waals surface area contributed by atoms with Gasteiger partial charge in [0.25, 0.3) is 0 Å². The zero-order valence-electron chi connectivity index (χ0n) is 22.3. The van der Waals surface area contributed by atoms with E-state index in [4.69, 9.17) is 4.74 Å². The Kier molecular flexibility index (Phi) is 6.69. The Morgan fingerprint density at radius 3 is 2.34 bits per heavy atom. The Labute approximate surface area is 209 Å². The van der Waals surface area contributed by atoms with E-state index in [1.807, 2.05) is 0 Å². The second-order valence-corrected chi connectivity index (χ2v) is 13.4. The minimum atomic E-state index is -1.38. The molecule has 3 saturated carbocycles. The zero-order valence-corrected chi connectivity index (χ0v) is 22.3. The number of methoxy groups -OCH3 is 1. The normalized spacial score (nSPS) is 46.2. The maximum absolute atomic E-state index is 13.4. The molecule has 0 aromatic rings. The van der Waals surface area contributed by atoms with Crippen LogP contribution in [0, 0.1) is 28.6 Å². The molecular weight excluding hydrogens is 448 g/mol. The number of hydrogen-bond acceptors (Lipinski definition) is 7. The van der Waals surface area contributed by atoms with Crippen molar-refractivity contribution in [3.63, 3.8) is 0 Å². The predicted octanol–water partition coefficient (Wildman–Crippen LogP) is 2.51. The number of rotatable bonds is 6. The van der Waals surface area contributed by atoms with E-state index >= 15 is 0 Å². The van der Waals surface area contributed by atoms with Crippen LogP contribution in [0.2, 0.25) is 0 Å². The third-order valence-electron chi connectivity index (χ3n) is 10.8. The van der Waals surface area contributed by atoms with Gasteiger partial charge in [-0.1, -0.05) is 13.8 Å². The lowest BCUT2D eigenvalue weighted by Gasteiger charge is -2.61. The summed E-state index contributed by atoms with van der Waals surface area (Å²) in [6, 6.07) is 0. The fourth-order valence-electron chi connectivity index (χ4n) is 8.75. The minimum Gasteiger partial charge on any atom is -0.390 e. The maximum Gasteiger partial charge on any atom is 0.159 e. The number of allylic oxidation sites excluding steroid dienone is 1. The predicted molar refractivity (Wildman–Crippen MR) is 131 cm³/mol. The van der Waals surface area contributed by atoms with Gasteiger partial charge in [0.1, 0.15) is 0 Å². The third kappa shape index (κ3) is 3.96. The number of carbonyl (C=O) groups is 1. The summed E-state index contributed by atoms with van der Waals surface area (Å²) < 4.78 is 6.35. The van der Waals surface area contributed by atoms with Crippen LogP contribution in [0.3, 0.4) is 0 Å². The van der Waals surface area contributed by atoms with Crippen LogP contribution in [-0.4, -0.2) is 73.5 Å². The molecule has 0 heterocycles. The average Bonchev–Trinajstić information content (AvgIpc) is 3.07. The highest BCUT2D eigenvalue weighted by Crippen LogP contribution is 2.69. The highest BCUT2D eigenvalue weighted by Gasteiger charge is 2.69. The number of ketones is 1. The number of aliphatic hydroxyl groups is 5. The molecule has 7 heteroatoms. The lowest BCUT2D eigenvalue weighted by molar-refractivity contribution is -0.183. The van der Waals surface area contributed by atoms with Crippen molar-refractivity contribution in [2.24, 2.45) is 28.6 Å². The van der Waals surface area contributed by atoms with Gasteiger partial charge in [0.2, 0.25) is 0 Å². The van der Waals surface area contributed by atoms with Crippen LogP contribution in [0.1, 0.15) is 86.0 Å². The molecule has 10 atom stereocenters. The summed E-state index contributed by atoms with van der Waals surface area (Å²) in [6.45, 7) is 9.30. The van der Waals surface area contributed by atoms with Crippen LogP contribution in [0.25, 0.3) is 0 Å². The molecule has 0 aliphatic heterocycles. The standard InChI is InChI=1S/C28H46O7/c1-24(2,33)10-9-23(32)27(5,34)22-8-12-28(35-6)17-13-19(29)18-14-20(30)21(31)15-25(18,3)16(17)7-11-26(22,28)4/h13,16,18,20-23,30-34H,7-12,14-15H2,1-6H3/t16-,18-,20+,21-,22-,23+,25+,26+,27+,28+/m0/s1. The molecule has 0 saturated heterocycles. The lowest BCUT2D eigenvalue weighted by atomic mass is 9.45. The van der Waals surface area contributed by atoms with E-state index in [-0.39, 0.29) is 36.4 Å². The van der Waals surface area contributed by atoms with Gasteiger partial charge in [0.05, 0.1) is 35.1 Å². The summed E-state index contributed by atoms with van der Waals surface area (Å²) >= 11 is 0. The van der Waals surface area contributed by atoms with Crippen LogP contribution < -0.4 is 0 Å². The highest BCUT2D eigenvalue weighted by atomic mass is 16.5. The summed E-state index contributed by atoms with van der Waals surface area (Å²) in [5, 5.41) is 53.7. The van der Waals surface area contributed by atoms with Crippen molar-refractivity contribution in [3.8, 4) is 0 Å². The van der Waals surface area contributed by atoms with Gasteiger partial charge >= 0.3 is 0 Å². The summed E-state index contributed by atoms with van der Waals surface area (Å²) in [5.74, 6) is -0.542. The summed E-state index contributed by atoms with van der Waals surface area (Å²) in [4.78, 5) is 13.4. The first kappa shape index (κ1) is 27.2. The van der Waals surface area contributed by atoms with Crippen molar-refractivity contribution in [2.45, 2.75) is 121 Å². The number of aliphatic hydroxyl groups excluding tert-OH is 3. The summed E-state index contributed by atoms with van der Waals surface area (Å²) in [7, 11) is 1.68. The molecule has 7 nitrogen and oxygen atoms in total. The first-order chi connectivity index (χ1) is 16.0. The van der Waals surface area contributed by atoms with E-state index in [1.54, 1.807) is 34.0 Å². The molecule has 3 fully saturated rings. The van der Waals surface area contributed by atoms with Crippen LogP contribution in [0.15, 0.2) is 11.6 Å². The molecule has 0 aromatic carbocycles. The first-order valence-electron chi connectivity index (χ1n) is 13.3. The average molecular weight is 495 g/mol. The Balaban J connectivity index is 1.70. The van der Waals surface area contributed by atoms with E-state index in [9.17, 15) is 30.3 Å². The molecule has 0 radical (unpaired) electrons. The first-order valence-corrected chi connectivity index (χ1v) is 13.3. The van der Waals surface area contributed by atoms with Gasteiger partial charge in [0.15, 0.2) is 5.78 Å². The fraction of sp³-hybridized carbons (Fsp3) is 0.893. The van der Waals surface area contributed by atoms with E-state index in [2.05, 4.69) is 13.8 Å². The van der Waals surface area contributed by atoms with E-state index in [1.165, 1.54) is 0 Å². The van der Waals surface area contributed by atoms with Crippen LogP contribution in [0.4, 0.5) is 0 Å². The number of ether oxygens (including phenoxy) is 1. The Morgan fingerprint density at radius 1 is 1.09 bits per heavy atom. The Morgan fingerprint density at radius 2 is 1.74 bits per heavy atom. The van der Waals surface area contributed by atoms with Crippen molar-refractivity contribution in [1.29, 1.82) is 0 Å². The molecule has 35 heavy (non-hydrogen) atoms. The number of hydrogen-bond donors (Lipinski definition) is 5. The van der Waals surface area contributed by atoms with Crippen molar-refractivity contribution in [3.05, 3.63) is 11.6 Å². The third-order valence-corrected chi connectivity index (χ3v) is 10.8. The van der Waals surface area contributed by atoms with Crippen LogP contribution in [0.5, 0.6) is 0 Å². The molecule has 0 bridgehead atoms. The molecule has 0 unspecified atom stereocenters. The van der Waals surface area contributed by atoms with Crippen molar-refractivity contribution >= 4 is 5.78 Å². The summed E-state index contributed by atoms with van der Waals surface area (Å²) in [5.41, 5.74) is -3.05. The highest BCUT2D eigenvalue weighted by molar-refractivity contribution is 5.95. The smallest absolute Gasteiger partial charge is 0.159 e. The topological polar surface area (TPSA) is 127 Å². The van der Waals surface area contributed by atoms with Crippen molar-refractivity contribution in [1.82, 2.24) is 0 Å². The molecule has 4 aliphatic carbocycles. The van der Waals surface area contributed by atoms with Crippen LogP contribution >= 0.6 is 0 Å². The molecule has 0 amide bonds. The zero-order chi connectivity index (χ0) is 26.2. The maximum atomic E-state index is 13.4. The monoisotopic (exact) mass is 494 g/mol. The van der Waals surface area contributed by atoms with Gasteiger partial charge in [-0.05, 0) is 101 Å². The molecule has 4 rings (SSSR count). The van der Waals surface area contributed by atoms with E-state index < -0.39 is 45.9 Å². The Bertz CT molecular complexity index is 875. The van der Waals surface area contributed by atoms with Gasteiger partial charge in [-0.15, -0.1) is 0 Å². The van der Waals surface area contributed by atoms with Gasteiger partial charge in [-0.2, -0.15) is 0 Å². The molecular formula is C28H46O7. The van der Waals surface area contributed by atoms with Crippen molar-refractivity contribution < 1.29 is 35.1 Å². The van der Waals surface area contributed by atoms with Gasteiger partial charge in [0, 0.05) is 18.4 Å². The van der Waals surface area contributed by atoms with Crippen molar-refractivity contribution in [2.75, 3.05) is 7.11 Å².